The summed E-state index contributed by atoms with van der Waals surface area (Å²) in [5, 5.41) is 0. The number of rotatable bonds is 5. The van der Waals surface area contributed by atoms with Crippen molar-refractivity contribution in [2.45, 2.75) is 53.4 Å². The van der Waals surface area contributed by atoms with Crippen molar-refractivity contribution in [3.05, 3.63) is 41.5 Å². The first-order valence-electron chi connectivity index (χ1n) is 8.21. The minimum absolute atomic E-state index is 0.406. The van der Waals surface area contributed by atoms with Crippen LogP contribution in [0.2, 0.25) is 0 Å². The van der Waals surface area contributed by atoms with E-state index >= 15 is 0 Å². The zero-order valence-corrected chi connectivity index (χ0v) is 14.8. The first-order chi connectivity index (χ1) is 10.9. The molecule has 0 bridgehead atoms. The molecule has 122 valence electrons. The molecule has 0 aliphatic carbocycles. The lowest BCUT2D eigenvalue weighted by Gasteiger charge is -2.15. The molecular formula is C19H26N4. The van der Waals surface area contributed by atoms with Crippen molar-refractivity contribution in [1.82, 2.24) is 15.0 Å². The molecule has 0 amide bonds. The van der Waals surface area contributed by atoms with E-state index < -0.39 is 0 Å². The third-order valence-corrected chi connectivity index (χ3v) is 3.91. The molecule has 2 aromatic rings. The Labute approximate surface area is 138 Å². The molecule has 2 heterocycles. The highest BCUT2D eigenvalue weighted by atomic mass is 14.9. The van der Waals surface area contributed by atoms with Gasteiger partial charge >= 0.3 is 0 Å². The van der Waals surface area contributed by atoms with Crippen LogP contribution in [-0.2, 0) is 12.8 Å². The lowest BCUT2D eigenvalue weighted by Crippen LogP contribution is -2.08. The van der Waals surface area contributed by atoms with Gasteiger partial charge < -0.3 is 5.73 Å². The molecular weight excluding hydrogens is 284 g/mol. The Morgan fingerprint density at radius 3 is 2.26 bits per heavy atom. The maximum atomic E-state index is 6.03. The topological polar surface area (TPSA) is 64.7 Å². The number of anilines is 1. The summed E-state index contributed by atoms with van der Waals surface area (Å²) in [6.45, 7) is 14.3. The Morgan fingerprint density at radius 2 is 1.74 bits per heavy atom. The lowest BCUT2D eigenvalue weighted by molar-refractivity contribution is 0.807. The Hall–Kier alpha value is -2.23. The zero-order chi connectivity index (χ0) is 17.1. The van der Waals surface area contributed by atoms with Gasteiger partial charge in [-0.2, -0.15) is 0 Å². The highest BCUT2D eigenvalue weighted by molar-refractivity contribution is 5.72. The average Bonchev–Trinajstić information content (AvgIpc) is 2.53. The van der Waals surface area contributed by atoms with Crippen molar-refractivity contribution in [3.8, 4) is 11.3 Å². The summed E-state index contributed by atoms with van der Waals surface area (Å²) in [5.74, 6) is 0.853. The maximum Gasteiger partial charge on any atom is 0.150 e. The van der Waals surface area contributed by atoms with Gasteiger partial charge in [-0.05, 0) is 43.4 Å². The molecule has 0 aromatic carbocycles. The lowest BCUT2D eigenvalue weighted by atomic mass is 10.0. The summed E-state index contributed by atoms with van der Waals surface area (Å²) >= 11 is 0. The van der Waals surface area contributed by atoms with Crippen LogP contribution in [0.4, 0.5) is 5.82 Å². The van der Waals surface area contributed by atoms with Crippen LogP contribution in [-0.4, -0.2) is 15.0 Å². The van der Waals surface area contributed by atoms with Crippen molar-refractivity contribution in [2.24, 2.45) is 0 Å². The van der Waals surface area contributed by atoms with Crippen molar-refractivity contribution < 1.29 is 0 Å². The quantitative estimate of drug-likeness (QED) is 0.889. The molecule has 0 spiro atoms. The van der Waals surface area contributed by atoms with Crippen LogP contribution in [0, 0.1) is 0 Å². The highest BCUT2D eigenvalue weighted by Crippen LogP contribution is 2.29. The van der Waals surface area contributed by atoms with Crippen LogP contribution >= 0.6 is 0 Å². The second kappa shape index (κ2) is 6.90. The van der Waals surface area contributed by atoms with Crippen molar-refractivity contribution in [1.29, 1.82) is 0 Å². The number of nitrogen functional groups attached to an aromatic ring is 1. The van der Waals surface area contributed by atoms with Gasteiger partial charge in [-0.3, -0.25) is 4.98 Å². The van der Waals surface area contributed by atoms with E-state index in [0.717, 1.165) is 46.8 Å². The second-order valence-electron chi connectivity index (χ2n) is 6.13. The molecule has 0 aliphatic rings. The molecule has 2 rings (SSSR count). The molecule has 0 radical (unpaired) electrons. The summed E-state index contributed by atoms with van der Waals surface area (Å²) in [6, 6.07) is 4.19. The van der Waals surface area contributed by atoms with Gasteiger partial charge in [0.15, 0.2) is 0 Å². The van der Waals surface area contributed by atoms with Gasteiger partial charge in [-0.25, -0.2) is 9.97 Å². The first kappa shape index (κ1) is 17.1. The van der Waals surface area contributed by atoms with Gasteiger partial charge in [-0.15, -0.1) is 0 Å². The van der Waals surface area contributed by atoms with E-state index in [-0.39, 0.29) is 0 Å². The Balaban J connectivity index is 2.70. The van der Waals surface area contributed by atoms with E-state index in [2.05, 4.69) is 51.4 Å². The largest absolute Gasteiger partial charge is 0.382 e. The molecule has 23 heavy (non-hydrogen) atoms. The Morgan fingerprint density at radius 1 is 1.09 bits per heavy atom. The number of hydrogen-bond acceptors (Lipinski definition) is 4. The minimum atomic E-state index is 0.406. The fraction of sp³-hybridized carbons (Fsp3) is 0.421. The molecule has 0 unspecified atom stereocenters. The highest BCUT2D eigenvalue weighted by Gasteiger charge is 2.17. The predicted molar refractivity (Wildman–Crippen MR) is 97.2 cm³/mol. The van der Waals surface area contributed by atoms with Gasteiger partial charge in [-0.1, -0.05) is 34.3 Å². The monoisotopic (exact) mass is 310 g/mol. The number of pyridine rings is 1. The molecule has 0 saturated carbocycles. The van der Waals surface area contributed by atoms with Crippen LogP contribution < -0.4 is 5.73 Å². The summed E-state index contributed by atoms with van der Waals surface area (Å²) in [5.41, 5.74) is 12.5. The van der Waals surface area contributed by atoms with E-state index in [4.69, 9.17) is 15.7 Å². The Bertz CT molecular complexity index is 732. The summed E-state index contributed by atoms with van der Waals surface area (Å²) in [7, 11) is 0. The van der Waals surface area contributed by atoms with E-state index in [0.29, 0.717) is 17.4 Å². The summed E-state index contributed by atoms with van der Waals surface area (Å²) in [4.78, 5) is 14.1. The van der Waals surface area contributed by atoms with Crippen LogP contribution in [0.15, 0.2) is 18.7 Å². The van der Waals surface area contributed by atoms with Crippen LogP contribution in [0.3, 0.4) is 0 Å². The SMILES string of the molecule is C=C(C)c1nc(-c2ccc(C(C)C)nc2CC)c(CC)nc1N. The molecule has 2 aromatic heterocycles. The van der Waals surface area contributed by atoms with E-state index in [1.807, 2.05) is 6.92 Å². The number of nitrogens with zero attached hydrogens (tertiary/aromatic N) is 3. The fourth-order valence-electron chi connectivity index (χ4n) is 2.59. The Kier molecular flexibility index (Phi) is 5.14. The maximum absolute atomic E-state index is 6.03. The first-order valence-corrected chi connectivity index (χ1v) is 8.21. The van der Waals surface area contributed by atoms with Crippen molar-refractivity contribution in [3.63, 3.8) is 0 Å². The number of nitrogens with two attached hydrogens (primary N) is 1. The average molecular weight is 310 g/mol. The third-order valence-electron chi connectivity index (χ3n) is 3.91. The summed E-state index contributed by atoms with van der Waals surface area (Å²) < 4.78 is 0. The van der Waals surface area contributed by atoms with Crippen molar-refractivity contribution >= 4 is 11.4 Å². The van der Waals surface area contributed by atoms with Crippen LogP contribution in [0.1, 0.15) is 63.3 Å². The van der Waals surface area contributed by atoms with Crippen molar-refractivity contribution in [2.75, 3.05) is 5.73 Å². The third kappa shape index (κ3) is 3.41. The van der Waals surface area contributed by atoms with Gasteiger partial charge in [0.25, 0.3) is 0 Å². The van der Waals surface area contributed by atoms with Crippen LogP contribution in [0.25, 0.3) is 16.8 Å². The van der Waals surface area contributed by atoms with Gasteiger partial charge in [0, 0.05) is 17.0 Å². The van der Waals surface area contributed by atoms with E-state index in [1.165, 1.54) is 0 Å². The zero-order valence-electron chi connectivity index (χ0n) is 14.8. The summed E-state index contributed by atoms with van der Waals surface area (Å²) in [6.07, 6.45) is 1.63. The molecule has 0 fully saturated rings. The smallest absolute Gasteiger partial charge is 0.150 e. The van der Waals surface area contributed by atoms with Gasteiger partial charge in [0.2, 0.25) is 0 Å². The number of hydrogen-bond donors (Lipinski definition) is 1. The predicted octanol–water partition coefficient (Wildman–Crippen LogP) is 4.40. The molecule has 2 N–H and O–H groups in total. The number of allylic oxidation sites excluding steroid dienone is 1. The van der Waals surface area contributed by atoms with Gasteiger partial charge in [0.05, 0.1) is 11.4 Å². The number of aromatic nitrogens is 3. The second-order valence-corrected chi connectivity index (χ2v) is 6.13. The molecule has 0 saturated heterocycles. The molecule has 4 heteroatoms. The van der Waals surface area contributed by atoms with Gasteiger partial charge in [0.1, 0.15) is 11.5 Å². The standard InChI is InChI=1S/C19H26N4/c1-7-14-13(9-10-16(21-14)11(3)4)18-15(8-2)22-19(20)17(23-18)12(5)6/h9-11H,5,7-8H2,1-4,6H3,(H2,20,22). The molecule has 0 atom stereocenters. The van der Waals surface area contributed by atoms with E-state index in [1.54, 1.807) is 0 Å². The normalized spacial score (nSPS) is 11.0. The number of aryl methyl sites for hydroxylation is 2. The minimum Gasteiger partial charge on any atom is -0.382 e. The van der Waals surface area contributed by atoms with Crippen LogP contribution in [0.5, 0.6) is 0 Å². The molecule has 4 nitrogen and oxygen atoms in total. The fourth-order valence-corrected chi connectivity index (χ4v) is 2.59. The van der Waals surface area contributed by atoms with E-state index in [9.17, 15) is 0 Å². The molecule has 0 aliphatic heterocycles.